The molecular weight excluding hydrogens is 534 g/mol. The van der Waals surface area contributed by atoms with Gasteiger partial charge in [0.25, 0.3) is 0 Å². The van der Waals surface area contributed by atoms with E-state index in [2.05, 4.69) is 15.6 Å². The third kappa shape index (κ3) is 6.94. The van der Waals surface area contributed by atoms with Crippen LogP contribution in [-0.4, -0.2) is 64.9 Å². The van der Waals surface area contributed by atoms with Crippen molar-refractivity contribution in [3.8, 4) is 11.5 Å². The minimum atomic E-state index is -1.48. The molecule has 0 radical (unpaired) electrons. The first-order valence-electron chi connectivity index (χ1n) is 13.0. The van der Waals surface area contributed by atoms with Crippen LogP contribution in [0.4, 0.5) is 11.4 Å². The van der Waals surface area contributed by atoms with Crippen molar-refractivity contribution in [3.05, 3.63) is 41.7 Å². The number of methoxy groups -OCH3 is 1. The number of ether oxygens (including phenoxy) is 2. The number of ketones is 4. The second-order valence-electron chi connectivity index (χ2n) is 10.2. The van der Waals surface area contributed by atoms with Crippen molar-refractivity contribution < 1.29 is 43.3 Å². The number of carbonyl (C=O) groups is 6. The van der Waals surface area contributed by atoms with Crippen LogP contribution in [0.5, 0.6) is 11.5 Å². The molecule has 2 aromatic rings. The highest BCUT2D eigenvalue weighted by molar-refractivity contribution is 6.44. The summed E-state index contributed by atoms with van der Waals surface area (Å²) in [5.74, 6) is -7.99. The largest absolute Gasteiger partial charge is 0.503 e. The summed E-state index contributed by atoms with van der Waals surface area (Å²) < 4.78 is 10.9. The average molecular weight is 568 g/mol. The van der Waals surface area contributed by atoms with Crippen LogP contribution < -0.4 is 15.4 Å². The van der Waals surface area contributed by atoms with E-state index in [-0.39, 0.29) is 29.3 Å². The van der Waals surface area contributed by atoms with Crippen LogP contribution in [0.1, 0.15) is 38.4 Å². The lowest BCUT2D eigenvalue weighted by atomic mass is 9.81. The molecule has 0 saturated heterocycles. The number of carbonyl (C=O) groups excluding carboxylic acids is 6. The Kier molecular flexibility index (Phi) is 9.93. The van der Waals surface area contributed by atoms with Gasteiger partial charge >= 0.3 is 5.97 Å². The topological polar surface area (TPSA) is 178 Å². The highest BCUT2D eigenvalue weighted by Gasteiger charge is 2.46. The molecule has 1 saturated carbocycles. The fourth-order valence-electron chi connectivity index (χ4n) is 4.54. The average Bonchev–Trinajstić information content (AvgIpc) is 2.96. The molecule has 12 nitrogen and oxygen atoms in total. The third-order valence-corrected chi connectivity index (χ3v) is 6.95. The van der Waals surface area contributed by atoms with Gasteiger partial charge in [-0.2, -0.15) is 0 Å². The Balaban J connectivity index is 2.04. The maximum absolute atomic E-state index is 13.6. The van der Waals surface area contributed by atoms with E-state index < -0.39 is 65.4 Å². The summed E-state index contributed by atoms with van der Waals surface area (Å²) in [4.78, 5) is 81.3. The van der Waals surface area contributed by atoms with E-state index in [0.29, 0.717) is 17.7 Å². The Bertz CT molecular complexity index is 1350. The standard InChI is InChI=1S/C29H33N3O9/c1-14(2)29(39)41-27-15(3)23(35)26(38)20(32-21-12-30-16(4)24(36)28(21)40-5)11-22(34)25(37)19(27)10-17-6-8-18(9-7-17)31-13-33/h6-9,12-15,19-20,27,32,36H,10-11H2,1-5H3,(H,31,33)/t15-,19+,20+,27-/m1/s1. The maximum Gasteiger partial charge on any atom is 0.308 e. The number of esters is 1. The number of aromatic hydroxyl groups is 1. The number of pyridine rings is 1. The quantitative estimate of drug-likeness (QED) is 0.230. The molecule has 1 aliphatic rings. The van der Waals surface area contributed by atoms with E-state index in [1.807, 2.05) is 0 Å². The predicted octanol–water partition coefficient (Wildman–Crippen LogP) is 2.20. The van der Waals surface area contributed by atoms with Gasteiger partial charge in [0.15, 0.2) is 11.5 Å². The summed E-state index contributed by atoms with van der Waals surface area (Å²) in [5.41, 5.74) is 1.36. The van der Waals surface area contributed by atoms with Crippen molar-refractivity contribution in [1.29, 1.82) is 0 Å². The predicted molar refractivity (Wildman–Crippen MR) is 146 cm³/mol. The van der Waals surface area contributed by atoms with Gasteiger partial charge in [-0.1, -0.05) is 32.9 Å². The van der Waals surface area contributed by atoms with Crippen LogP contribution in [0.15, 0.2) is 30.5 Å². The van der Waals surface area contributed by atoms with Crippen molar-refractivity contribution in [2.24, 2.45) is 17.8 Å². The molecule has 41 heavy (non-hydrogen) atoms. The molecule has 3 N–H and O–H groups in total. The van der Waals surface area contributed by atoms with Gasteiger partial charge in [0.2, 0.25) is 29.5 Å². The zero-order valence-corrected chi connectivity index (χ0v) is 23.4. The summed E-state index contributed by atoms with van der Waals surface area (Å²) in [6, 6.07) is 4.96. The Morgan fingerprint density at radius 1 is 1.12 bits per heavy atom. The van der Waals surface area contributed by atoms with Crippen molar-refractivity contribution in [3.63, 3.8) is 0 Å². The monoisotopic (exact) mass is 567 g/mol. The summed E-state index contributed by atoms with van der Waals surface area (Å²) in [7, 11) is 1.28. The number of benzene rings is 1. The molecular formula is C29H33N3O9. The maximum atomic E-state index is 13.6. The van der Waals surface area contributed by atoms with Crippen molar-refractivity contribution in [2.45, 2.75) is 52.7 Å². The minimum absolute atomic E-state index is 0.0391. The van der Waals surface area contributed by atoms with Crippen LogP contribution in [0.3, 0.4) is 0 Å². The molecule has 0 spiro atoms. The van der Waals surface area contributed by atoms with Crippen LogP contribution >= 0.6 is 0 Å². The second-order valence-corrected chi connectivity index (χ2v) is 10.2. The molecule has 12 heteroatoms. The first kappa shape index (κ1) is 30.9. The molecule has 0 bridgehead atoms. The van der Waals surface area contributed by atoms with Crippen LogP contribution in [0.2, 0.25) is 0 Å². The van der Waals surface area contributed by atoms with E-state index in [1.54, 1.807) is 38.1 Å². The molecule has 3 rings (SSSR count). The Morgan fingerprint density at radius 2 is 1.78 bits per heavy atom. The number of amides is 1. The first-order chi connectivity index (χ1) is 19.4. The van der Waals surface area contributed by atoms with Crippen LogP contribution in [0.25, 0.3) is 0 Å². The van der Waals surface area contributed by atoms with Crippen LogP contribution in [-0.2, 0) is 39.9 Å². The van der Waals surface area contributed by atoms with E-state index in [9.17, 15) is 33.9 Å². The Hall–Kier alpha value is -4.61. The van der Waals surface area contributed by atoms with Crippen molar-refractivity contribution >= 4 is 46.9 Å². The van der Waals surface area contributed by atoms with Crippen molar-refractivity contribution in [1.82, 2.24) is 4.98 Å². The molecule has 218 valence electrons. The van der Waals surface area contributed by atoms with E-state index in [4.69, 9.17) is 9.47 Å². The highest BCUT2D eigenvalue weighted by Crippen LogP contribution is 2.36. The zero-order chi connectivity index (χ0) is 30.4. The molecule has 0 unspecified atom stereocenters. The van der Waals surface area contributed by atoms with Gasteiger partial charge in [-0.15, -0.1) is 0 Å². The van der Waals surface area contributed by atoms with Crippen molar-refractivity contribution in [2.75, 3.05) is 17.7 Å². The summed E-state index contributed by atoms with van der Waals surface area (Å²) in [6.45, 7) is 6.07. The lowest BCUT2D eigenvalue weighted by Gasteiger charge is -2.29. The van der Waals surface area contributed by atoms with E-state index in [1.165, 1.54) is 27.2 Å². The lowest BCUT2D eigenvalue weighted by molar-refractivity contribution is -0.163. The molecule has 1 amide bonds. The minimum Gasteiger partial charge on any atom is -0.503 e. The summed E-state index contributed by atoms with van der Waals surface area (Å²) in [5, 5.41) is 15.6. The summed E-state index contributed by atoms with van der Waals surface area (Å²) >= 11 is 0. The smallest absolute Gasteiger partial charge is 0.308 e. The number of aryl methyl sites for hydroxylation is 1. The van der Waals surface area contributed by atoms with E-state index in [0.717, 1.165) is 0 Å². The SMILES string of the molecule is COc1c(N[C@H]2CC(=O)C(=O)[C@H](Cc3ccc(NC=O)cc3)[C@H](OC(=O)C(C)C)[C@H](C)C(=O)C2=O)cnc(C)c1O. The molecule has 1 fully saturated rings. The molecule has 0 aliphatic heterocycles. The number of rotatable bonds is 9. The fraction of sp³-hybridized carbons (Fsp3) is 0.414. The number of anilines is 2. The number of aromatic nitrogens is 1. The normalized spacial score (nSPS) is 21.5. The van der Waals surface area contributed by atoms with Gasteiger partial charge in [0, 0.05) is 12.1 Å². The third-order valence-electron chi connectivity index (χ3n) is 6.95. The van der Waals surface area contributed by atoms with Gasteiger partial charge < -0.3 is 25.2 Å². The zero-order valence-electron chi connectivity index (χ0n) is 23.4. The lowest BCUT2D eigenvalue weighted by Crippen LogP contribution is -2.45. The number of hydrogen-bond acceptors (Lipinski definition) is 11. The highest BCUT2D eigenvalue weighted by atomic mass is 16.5. The van der Waals surface area contributed by atoms with Gasteiger partial charge in [-0.25, -0.2) is 0 Å². The van der Waals surface area contributed by atoms with Gasteiger partial charge in [0.05, 0.1) is 42.4 Å². The van der Waals surface area contributed by atoms with Gasteiger partial charge in [-0.05, 0) is 31.0 Å². The molecule has 1 aliphatic carbocycles. The van der Waals surface area contributed by atoms with E-state index >= 15 is 0 Å². The number of hydrogen-bond donors (Lipinski definition) is 3. The number of Topliss-reactive ketones (excluding diaryl/α,β-unsaturated/α-hetero) is 4. The van der Waals surface area contributed by atoms with Gasteiger partial charge in [-0.3, -0.25) is 33.8 Å². The molecule has 1 aromatic heterocycles. The fourth-order valence-corrected chi connectivity index (χ4v) is 4.54. The first-order valence-corrected chi connectivity index (χ1v) is 13.0. The number of nitrogens with zero attached hydrogens (tertiary/aromatic N) is 1. The molecule has 4 atom stereocenters. The second kappa shape index (κ2) is 13.2. The van der Waals surface area contributed by atoms with Crippen LogP contribution in [0, 0.1) is 24.7 Å². The van der Waals surface area contributed by atoms with Gasteiger partial charge in [0.1, 0.15) is 12.1 Å². The Morgan fingerprint density at radius 3 is 2.37 bits per heavy atom. The summed E-state index contributed by atoms with van der Waals surface area (Å²) in [6.07, 6.45) is -0.362. The molecule has 1 heterocycles. The Labute approximate surface area is 236 Å². The molecule has 1 aromatic carbocycles. The number of nitrogens with one attached hydrogen (secondary N) is 2.